The molecule has 3 aromatic carbocycles. The summed E-state index contributed by atoms with van der Waals surface area (Å²) in [5, 5.41) is 0.387. The SMILES string of the molecule is COC(=O)c1ccc(C2c3c(oc4ccc(Br)cc4c3=O)C(=O)N2c2cccc(C)c2)cc1. The molecule has 7 heteroatoms. The Bertz CT molecular complexity index is 1490. The van der Waals surface area contributed by atoms with E-state index in [0.717, 1.165) is 10.0 Å². The van der Waals surface area contributed by atoms with Gasteiger partial charge in [-0.25, -0.2) is 4.79 Å². The van der Waals surface area contributed by atoms with E-state index in [4.69, 9.17) is 9.15 Å². The third-order valence-corrected chi connectivity index (χ3v) is 6.25. The molecule has 33 heavy (non-hydrogen) atoms. The van der Waals surface area contributed by atoms with E-state index in [-0.39, 0.29) is 22.7 Å². The van der Waals surface area contributed by atoms with Crippen LogP contribution in [0.1, 0.15) is 43.6 Å². The molecule has 0 spiro atoms. The highest BCUT2D eigenvalue weighted by Crippen LogP contribution is 2.41. The Balaban J connectivity index is 1.77. The van der Waals surface area contributed by atoms with Gasteiger partial charge in [-0.15, -0.1) is 0 Å². The standard InChI is InChI=1S/C26H18BrNO5/c1-14-4-3-5-18(12-14)28-22(15-6-8-16(9-7-15)26(31)32-2)21-23(29)19-13-17(27)10-11-20(19)33-24(21)25(28)30/h3-13,22H,1-2H3. The van der Waals surface area contributed by atoms with Crippen LogP contribution >= 0.6 is 15.9 Å². The maximum Gasteiger partial charge on any atom is 0.337 e. The summed E-state index contributed by atoms with van der Waals surface area (Å²) in [6.07, 6.45) is 0. The van der Waals surface area contributed by atoms with Gasteiger partial charge in [-0.2, -0.15) is 0 Å². The molecule has 0 aliphatic carbocycles. The monoisotopic (exact) mass is 503 g/mol. The van der Waals surface area contributed by atoms with Crippen LogP contribution < -0.4 is 10.3 Å². The van der Waals surface area contributed by atoms with Crippen LogP contribution in [-0.4, -0.2) is 19.0 Å². The summed E-state index contributed by atoms with van der Waals surface area (Å²) >= 11 is 3.40. The highest BCUT2D eigenvalue weighted by atomic mass is 79.9. The van der Waals surface area contributed by atoms with Crippen LogP contribution in [0, 0.1) is 6.92 Å². The number of hydrogen-bond donors (Lipinski definition) is 0. The Morgan fingerprint density at radius 2 is 1.79 bits per heavy atom. The van der Waals surface area contributed by atoms with Gasteiger partial charge in [0, 0.05) is 10.2 Å². The molecule has 1 amide bonds. The first kappa shape index (κ1) is 21.2. The van der Waals surface area contributed by atoms with Gasteiger partial charge in [0.25, 0.3) is 5.91 Å². The van der Waals surface area contributed by atoms with Crippen LogP contribution in [0.25, 0.3) is 11.0 Å². The van der Waals surface area contributed by atoms with Gasteiger partial charge < -0.3 is 9.15 Å². The molecular formula is C26H18BrNO5. The number of methoxy groups -OCH3 is 1. The van der Waals surface area contributed by atoms with Gasteiger partial charge in [0.05, 0.1) is 29.7 Å². The number of anilines is 1. The molecule has 1 unspecified atom stereocenters. The lowest BCUT2D eigenvalue weighted by molar-refractivity contribution is 0.0600. The van der Waals surface area contributed by atoms with E-state index in [1.165, 1.54) is 7.11 Å². The second-order valence-corrected chi connectivity index (χ2v) is 8.76. The van der Waals surface area contributed by atoms with E-state index in [2.05, 4.69) is 15.9 Å². The number of nitrogens with zero attached hydrogens (tertiary/aromatic N) is 1. The van der Waals surface area contributed by atoms with Crippen molar-refractivity contribution in [3.63, 3.8) is 0 Å². The van der Waals surface area contributed by atoms with Gasteiger partial charge >= 0.3 is 5.97 Å². The number of carbonyl (C=O) groups excluding carboxylic acids is 2. The maximum absolute atomic E-state index is 13.6. The van der Waals surface area contributed by atoms with Crippen molar-refractivity contribution >= 4 is 44.5 Å². The van der Waals surface area contributed by atoms with E-state index >= 15 is 0 Å². The first-order valence-electron chi connectivity index (χ1n) is 10.2. The van der Waals surface area contributed by atoms with Crippen molar-refractivity contribution in [1.82, 2.24) is 0 Å². The van der Waals surface area contributed by atoms with Crippen LogP contribution in [0.5, 0.6) is 0 Å². The third kappa shape index (κ3) is 3.45. The zero-order valence-corrected chi connectivity index (χ0v) is 19.4. The van der Waals surface area contributed by atoms with Gasteiger partial charge in [-0.3, -0.25) is 14.5 Å². The van der Waals surface area contributed by atoms with Crippen molar-refractivity contribution in [3.05, 3.63) is 109 Å². The fraction of sp³-hybridized carbons (Fsp3) is 0.115. The zero-order chi connectivity index (χ0) is 23.3. The van der Waals surface area contributed by atoms with Crippen molar-refractivity contribution < 1.29 is 18.7 Å². The quantitative estimate of drug-likeness (QED) is 0.349. The van der Waals surface area contributed by atoms with Gasteiger partial charge in [-0.1, -0.05) is 40.2 Å². The Labute approximate surface area is 197 Å². The second kappa shape index (κ2) is 8.01. The van der Waals surface area contributed by atoms with Crippen LogP contribution in [-0.2, 0) is 4.74 Å². The largest absolute Gasteiger partial charge is 0.465 e. The minimum Gasteiger partial charge on any atom is -0.465 e. The molecule has 0 N–H and O–H groups in total. The molecule has 6 nitrogen and oxygen atoms in total. The lowest BCUT2D eigenvalue weighted by Crippen LogP contribution is -2.29. The minimum absolute atomic E-state index is 0.0263. The molecule has 164 valence electrons. The van der Waals surface area contributed by atoms with Gasteiger partial charge in [0.1, 0.15) is 5.58 Å². The van der Waals surface area contributed by atoms with Gasteiger partial charge in [0.2, 0.25) is 5.76 Å². The predicted molar refractivity (Wildman–Crippen MR) is 128 cm³/mol. The van der Waals surface area contributed by atoms with E-state index in [1.807, 2.05) is 31.2 Å². The Morgan fingerprint density at radius 3 is 2.48 bits per heavy atom. The van der Waals surface area contributed by atoms with Crippen molar-refractivity contribution in [3.8, 4) is 0 Å². The minimum atomic E-state index is -0.708. The normalized spacial score (nSPS) is 15.1. The van der Waals surface area contributed by atoms with Crippen molar-refractivity contribution in [2.75, 3.05) is 12.0 Å². The fourth-order valence-electron chi connectivity index (χ4n) is 4.22. The lowest BCUT2D eigenvalue weighted by Gasteiger charge is -2.25. The number of benzene rings is 3. The van der Waals surface area contributed by atoms with E-state index in [9.17, 15) is 14.4 Å². The topological polar surface area (TPSA) is 76.8 Å². The van der Waals surface area contributed by atoms with Crippen LogP contribution in [0.3, 0.4) is 0 Å². The number of amides is 1. The molecule has 0 bridgehead atoms. The molecular weight excluding hydrogens is 486 g/mol. The number of ether oxygens (including phenoxy) is 1. The lowest BCUT2D eigenvalue weighted by atomic mass is 9.97. The highest BCUT2D eigenvalue weighted by Gasteiger charge is 2.43. The average molecular weight is 504 g/mol. The summed E-state index contributed by atoms with van der Waals surface area (Å²) in [6.45, 7) is 1.94. The molecule has 2 heterocycles. The molecule has 0 radical (unpaired) electrons. The number of fused-ring (bicyclic) bond motifs is 2. The van der Waals surface area contributed by atoms with Crippen molar-refractivity contribution in [2.24, 2.45) is 0 Å². The maximum atomic E-state index is 13.6. The number of aryl methyl sites for hydroxylation is 1. The van der Waals surface area contributed by atoms with E-state index in [0.29, 0.717) is 27.8 Å². The number of hydrogen-bond acceptors (Lipinski definition) is 5. The predicted octanol–water partition coefficient (Wildman–Crippen LogP) is 5.40. The second-order valence-electron chi connectivity index (χ2n) is 7.84. The molecule has 4 aromatic rings. The number of rotatable bonds is 3. The summed E-state index contributed by atoms with van der Waals surface area (Å²) in [7, 11) is 1.32. The van der Waals surface area contributed by atoms with E-state index in [1.54, 1.807) is 47.4 Å². The summed E-state index contributed by atoms with van der Waals surface area (Å²) in [6, 6.07) is 18.6. The first-order chi connectivity index (χ1) is 15.9. The fourth-order valence-corrected chi connectivity index (χ4v) is 4.59. The number of esters is 1. The molecule has 1 aliphatic rings. The third-order valence-electron chi connectivity index (χ3n) is 5.76. The van der Waals surface area contributed by atoms with Crippen molar-refractivity contribution in [2.45, 2.75) is 13.0 Å². The molecule has 1 aliphatic heterocycles. The summed E-state index contributed by atoms with van der Waals surface area (Å²) < 4.78 is 11.5. The van der Waals surface area contributed by atoms with Gasteiger partial charge in [0.15, 0.2) is 5.43 Å². The van der Waals surface area contributed by atoms with Crippen LogP contribution in [0.2, 0.25) is 0 Å². The Morgan fingerprint density at radius 1 is 1.03 bits per heavy atom. The Hall–Kier alpha value is -3.71. The molecule has 0 saturated heterocycles. The van der Waals surface area contributed by atoms with Crippen molar-refractivity contribution in [1.29, 1.82) is 0 Å². The number of halogens is 1. The summed E-state index contributed by atoms with van der Waals surface area (Å²) in [4.78, 5) is 40.7. The zero-order valence-electron chi connectivity index (χ0n) is 17.8. The first-order valence-corrected chi connectivity index (χ1v) is 11.0. The van der Waals surface area contributed by atoms with E-state index < -0.39 is 12.0 Å². The smallest absolute Gasteiger partial charge is 0.337 e. The van der Waals surface area contributed by atoms with Gasteiger partial charge in [-0.05, 0) is 60.5 Å². The molecule has 1 aromatic heterocycles. The van der Waals surface area contributed by atoms with Crippen LogP contribution in [0.4, 0.5) is 5.69 Å². The molecule has 0 fully saturated rings. The number of carbonyl (C=O) groups is 2. The summed E-state index contributed by atoms with van der Waals surface area (Å²) in [5.74, 6) is -0.826. The Kier molecular flexibility index (Phi) is 5.13. The average Bonchev–Trinajstić information content (AvgIpc) is 3.11. The molecule has 0 saturated carbocycles. The van der Waals surface area contributed by atoms with Crippen LogP contribution in [0.15, 0.2) is 80.4 Å². The molecule has 1 atom stereocenters. The highest BCUT2D eigenvalue weighted by molar-refractivity contribution is 9.10. The summed E-state index contributed by atoms with van der Waals surface area (Å²) in [5.41, 5.74) is 3.04. The molecule has 5 rings (SSSR count).